The van der Waals surface area contributed by atoms with Crippen molar-refractivity contribution >= 4 is 17.4 Å². The topological polar surface area (TPSA) is 66.8 Å². The van der Waals surface area contributed by atoms with Gasteiger partial charge in [-0.25, -0.2) is 0 Å². The first-order valence-electron chi connectivity index (χ1n) is 11.6. The number of hydrogen-bond donors (Lipinski definition) is 1. The molecular formula is C28H35NO4. The number of amides is 1. The van der Waals surface area contributed by atoms with Gasteiger partial charge < -0.3 is 14.7 Å². The van der Waals surface area contributed by atoms with Crippen LogP contribution in [0.15, 0.2) is 48.0 Å². The van der Waals surface area contributed by atoms with E-state index in [9.17, 15) is 14.7 Å². The number of likely N-dealkylation sites (tertiary alicyclic amines) is 1. The van der Waals surface area contributed by atoms with Crippen molar-refractivity contribution in [3.63, 3.8) is 0 Å². The highest BCUT2D eigenvalue weighted by Crippen LogP contribution is 2.40. The van der Waals surface area contributed by atoms with E-state index in [0.717, 1.165) is 23.1 Å². The van der Waals surface area contributed by atoms with E-state index in [-0.39, 0.29) is 16.7 Å². The lowest BCUT2D eigenvalue weighted by molar-refractivity contribution is -0.140. The number of rotatable bonds is 7. The van der Waals surface area contributed by atoms with Gasteiger partial charge in [0.25, 0.3) is 11.7 Å². The Balaban J connectivity index is 2.18. The molecule has 1 saturated heterocycles. The molecule has 0 radical (unpaired) electrons. The van der Waals surface area contributed by atoms with Crippen LogP contribution in [0.5, 0.6) is 0 Å². The predicted octanol–water partition coefficient (Wildman–Crippen LogP) is 5.31. The molecule has 1 aliphatic rings. The molecule has 1 N–H and O–H groups in total. The molecule has 5 nitrogen and oxygen atoms in total. The normalized spacial score (nSPS) is 18.2. The fraction of sp³-hybridized carbons (Fsp3) is 0.429. The molecule has 1 aliphatic heterocycles. The molecule has 0 spiro atoms. The van der Waals surface area contributed by atoms with Gasteiger partial charge in [-0.1, -0.05) is 64.1 Å². The average molecular weight is 450 g/mol. The number of aryl methyl sites for hydroxylation is 2. The first-order valence-corrected chi connectivity index (χ1v) is 11.6. The molecule has 2 aromatic rings. The number of Topliss-reactive ketones (excluding diaryl/α,β-unsaturated/α-hetero) is 1. The second kappa shape index (κ2) is 9.92. The minimum Gasteiger partial charge on any atom is -0.507 e. The highest BCUT2D eigenvalue weighted by molar-refractivity contribution is 6.46. The van der Waals surface area contributed by atoms with E-state index < -0.39 is 17.7 Å². The van der Waals surface area contributed by atoms with Crippen molar-refractivity contribution in [1.82, 2.24) is 4.90 Å². The Morgan fingerprint density at radius 2 is 1.76 bits per heavy atom. The van der Waals surface area contributed by atoms with Crippen molar-refractivity contribution in [3.8, 4) is 0 Å². The Morgan fingerprint density at radius 1 is 1.09 bits per heavy atom. The van der Waals surface area contributed by atoms with Crippen LogP contribution in [0.25, 0.3) is 5.76 Å². The number of aliphatic hydroxyl groups is 1. The number of ketones is 1. The molecule has 33 heavy (non-hydrogen) atoms. The van der Waals surface area contributed by atoms with Crippen LogP contribution in [0.3, 0.4) is 0 Å². The van der Waals surface area contributed by atoms with Gasteiger partial charge >= 0.3 is 0 Å². The zero-order valence-corrected chi connectivity index (χ0v) is 20.6. The van der Waals surface area contributed by atoms with Crippen molar-refractivity contribution in [2.24, 2.45) is 0 Å². The van der Waals surface area contributed by atoms with E-state index in [4.69, 9.17) is 4.74 Å². The van der Waals surface area contributed by atoms with Gasteiger partial charge in [0.05, 0.1) is 11.6 Å². The minimum atomic E-state index is -0.643. The molecule has 2 aromatic carbocycles. The molecule has 0 aliphatic carbocycles. The van der Waals surface area contributed by atoms with Gasteiger partial charge in [0.15, 0.2) is 0 Å². The second-order valence-corrected chi connectivity index (χ2v) is 9.71. The Labute approximate surface area is 197 Å². The van der Waals surface area contributed by atoms with Crippen LogP contribution in [0.4, 0.5) is 0 Å². The maximum atomic E-state index is 13.2. The minimum absolute atomic E-state index is 0.115. The van der Waals surface area contributed by atoms with Crippen molar-refractivity contribution in [1.29, 1.82) is 0 Å². The largest absolute Gasteiger partial charge is 0.507 e. The Bertz CT molecular complexity index is 1060. The number of carbonyl (C=O) groups excluding carboxylic acids is 2. The third-order valence-corrected chi connectivity index (χ3v) is 6.35. The molecule has 3 rings (SSSR count). The molecule has 0 saturated carbocycles. The average Bonchev–Trinajstić information content (AvgIpc) is 3.03. The van der Waals surface area contributed by atoms with Crippen molar-refractivity contribution < 1.29 is 19.4 Å². The number of ether oxygens (including phenoxy) is 1. The van der Waals surface area contributed by atoms with E-state index >= 15 is 0 Å². The van der Waals surface area contributed by atoms with E-state index in [0.29, 0.717) is 25.1 Å². The van der Waals surface area contributed by atoms with Crippen molar-refractivity contribution in [2.75, 3.05) is 20.3 Å². The summed E-state index contributed by atoms with van der Waals surface area (Å²) in [5, 5.41) is 11.5. The molecule has 1 atom stereocenters. The van der Waals surface area contributed by atoms with E-state index in [1.54, 1.807) is 12.0 Å². The quantitative estimate of drug-likeness (QED) is 0.269. The lowest BCUT2D eigenvalue weighted by atomic mass is 9.84. The Hall–Kier alpha value is -2.92. The van der Waals surface area contributed by atoms with Gasteiger partial charge in [-0.3, -0.25) is 9.59 Å². The molecule has 1 fully saturated rings. The van der Waals surface area contributed by atoms with E-state index in [2.05, 4.69) is 27.7 Å². The van der Waals surface area contributed by atoms with Crippen LogP contribution in [-0.4, -0.2) is 42.0 Å². The molecule has 176 valence electrons. The maximum Gasteiger partial charge on any atom is 0.295 e. The Kier molecular flexibility index (Phi) is 7.43. The van der Waals surface area contributed by atoms with Gasteiger partial charge in [-0.15, -0.1) is 0 Å². The van der Waals surface area contributed by atoms with E-state index in [1.165, 1.54) is 5.56 Å². The predicted molar refractivity (Wildman–Crippen MR) is 131 cm³/mol. The fourth-order valence-corrected chi connectivity index (χ4v) is 4.26. The third kappa shape index (κ3) is 5.03. The highest BCUT2D eigenvalue weighted by atomic mass is 16.5. The molecule has 1 heterocycles. The van der Waals surface area contributed by atoms with Gasteiger partial charge in [-0.2, -0.15) is 0 Å². The van der Waals surface area contributed by atoms with Crippen LogP contribution in [0, 0.1) is 6.92 Å². The van der Waals surface area contributed by atoms with Crippen molar-refractivity contribution in [3.05, 3.63) is 75.9 Å². The molecule has 0 aromatic heterocycles. The smallest absolute Gasteiger partial charge is 0.295 e. The summed E-state index contributed by atoms with van der Waals surface area (Å²) in [6.45, 7) is 11.1. The number of nitrogens with zero attached hydrogens (tertiary/aromatic N) is 1. The van der Waals surface area contributed by atoms with Crippen LogP contribution in [-0.2, 0) is 26.2 Å². The summed E-state index contributed by atoms with van der Waals surface area (Å²) < 4.78 is 5.16. The SMILES string of the molecule is CCc1ccc(C2/C(=C(\O)c3cc(C(C)(C)C)ccc3C)C(=O)C(=O)N2CCCOC)cc1. The molecule has 5 heteroatoms. The summed E-state index contributed by atoms with van der Waals surface area (Å²) in [7, 11) is 1.61. The standard InChI is InChI=1S/C28H35NO4/c1-7-19-10-12-20(13-11-19)24-23(26(31)27(32)29(24)15-8-16-33-6)25(30)22-17-21(28(3,4)5)14-9-18(22)2/h9-14,17,24,30H,7-8,15-16H2,1-6H3/b25-23+. The van der Waals surface area contributed by atoms with Crippen LogP contribution in [0.1, 0.15) is 68.0 Å². The number of carbonyl (C=O) groups is 2. The zero-order valence-electron chi connectivity index (χ0n) is 20.6. The highest BCUT2D eigenvalue weighted by Gasteiger charge is 2.45. The zero-order chi connectivity index (χ0) is 24.3. The molecular weight excluding hydrogens is 414 g/mol. The first-order chi connectivity index (χ1) is 15.6. The van der Waals surface area contributed by atoms with Gasteiger partial charge in [0.1, 0.15) is 5.76 Å². The summed E-state index contributed by atoms with van der Waals surface area (Å²) in [6.07, 6.45) is 1.50. The Morgan fingerprint density at radius 3 is 2.33 bits per heavy atom. The number of hydrogen-bond acceptors (Lipinski definition) is 4. The molecule has 1 unspecified atom stereocenters. The van der Waals surface area contributed by atoms with Gasteiger partial charge in [-0.05, 0) is 53.5 Å². The summed E-state index contributed by atoms with van der Waals surface area (Å²) in [5.41, 5.74) is 4.51. The monoisotopic (exact) mass is 449 g/mol. The first kappa shape index (κ1) is 24.7. The summed E-state index contributed by atoms with van der Waals surface area (Å²) in [4.78, 5) is 27.8. The van der Waals surface area contributed by atoms with Crippen LogP contribution >= 0.6 is 0 Å². The number of benzene rings is 2. The van der Waals surface area contributed by atoms with Gasteiger partial charge in [0, 0.05) is 25.8 Å². The van der Waals surface area contributed by atoms with Crippen molar-refractivity contribution in [2.45, 2.75) is 58.9 Å². The molecule has 0 bridgehead atoms. The summed E-state index contributed by atoms with van der Waals surface area (Å²) >= 11 is 0. The summed E-state index contributed by atoms with van der Waals surface area (Å²) in [6, 6.07) is 13.2. The number of methoxy groups -OCH3 is 1. The second-order valence-electron chi connectivity index (χ2n) is 9.71. The summed E-state index contributed by atoms with van der Waals surface area (Å²) in [5.74, 6) is -1.34. The lowest BCUT2D eigenvalue weighted by Crippen LogP contribution is -2.31. The van der Waals surface area contributed by atoms with Crippen LogP contribution in [0.2, 0.25) is 0 Å². The van der Waals surface area contributed by atoms with Gasteiger partial charge in [0.2, 0.25) is 0 Å². The lowest BCUT2D eigenvalue weighted by Gasteiger charge is -2.26. The third-order valence-electron chi connectivity index (χ3n) is 6.35. The van der Waals surface area contributed by atoms with E-state index in [1.807, 2.05) is 49.4 Å². The fourth-order valence-electron chi connectivity index (χ4n) is 4.26. The number of aliphatic hydroxyl groups excluding tert-OH is 1. The maximum absolute atomic E-state index is 13.2. The molecule has 1 amide bonds. The van der Waals surface area contributed by atoms with Crippen LogP contribution < -0.4 is 0 Å².